The van der Waals surface area contributed by atoms with Crippen LogP contribution in [0.15, 0.2) is 97.1 Å². The van der Waals surface area contributed by atoms with Crippen LogP contribution in [0.2, 0.25) is 0 Å². The molecule has 3 aliphatic rings. The number of carbonyl (C=O) groups is 8. The fourth-order valence-corrected chi connectivity index (χ4v) is 10.7. The van der Waals surface area contributed by atoms with Gasteiger partial charge in [0.05, 0.1) is 30.8 Å². The van der Waals surface area contributed by atoms with Gasteiger partial charge in [-0.05, 0) is 129 Å². The van der Waals surface area contributed by atoms with Gasteiger partial charge in [-0.15, -0.1) is 0 Å². The number of aryl methyl sites for hydroxylation is 1. The third kappa shape index (κ3) is 14.9. The minimum absolute atomic E-state index is 0.00114. The van der Waals surface area contributed by atoms with Crippen LogP contribution in [0.4, 0.5) is 5.69 Å². The van der Waals surface area contributed by atoms with E-state index in [1.54, 1.807) is 47.2 Å². The van der Waals surface area contributed by atoms with Crippen LogP contribution in [-0.4, -0.2) is 134 Å². The molecular weight excluding hydrogens is 1030 g/mol. The number of hydrogen-bond donors (Lipinski definition) is 8. The van der Waals surface area contributed by atoms with E-state index in [-0.39, 0.29) is 67.4 Å². The van der Waals surface area contributed by atoms with Gasteiger partial charge in [0.1, 0.15) is 24.2 Å². The Bertz CT molecular complexity index is 2940. The van der Waals surface area contributed by atoms with Crippen LogP contribution < -0.4 is 42.5 Å². The van der Waals surface area contributed by atoms with Crippen molar-refractivity contribution in [3.63, 3.8) is 0 Å². The Kier molecular flexibility index (Phi) is 19.9. The van der Waals surface area contributed by atoms with Crippen molar-refractivity contribution in [1.82, 2.24) is 47.0 Å². The van der Waals surface area contributed by atoms with Crippen molar-refractivity contribution in [2.75, 3.05) is 39.7 Å². The van der Waals surface area contributed by atoms with Gasteiger partial charge in [0.15, 0.2) is 0 Å². The second kappa shape index (κ2) is 26.4. The number of methoxy groups -OCH3 is 1. The summed E-state index contributed by atoms with van der Waals surface area (Å²) in [6.07, 6.45) is 2.82. The summed E-state index contributed by atoms with van der Waals surface area (Å²) in [7, 11) is 4.86. The lowest BCUT2D eigenvalue weighted by Crippen LogP contribution is -2.62. The number of benzene rings is 4. The van der Waals surface area contributed by atoms with Crippen molar-refractivity contribution < 1.29 is 43.1 Å². The van der Waals surface area contributed by atoms with Crippen LogP contribution >= 0.6 is 0 Å². The van der Waals surface area contributed by atoms with E-state index in [9.17, 15) is 38.4 Å². The first kappa shape index (κ1) is 61.1. The zero-order chi connectivity index (χ0) is 58.9. The first-order chi connectivity index (χ1) is 38.4. The lowest BCUT2D eigenvalue weighted by molar-refractivity contribution is -0.147. The molecular formula is C62H82N10O9. The average Bonchev–Trinajstić information content (AvgIpc) is 3.88. The summed E-state index contributed by atoms with van der Waals surface area (Å²) in [5.41, 5.74) is 3.99. The number of nitrogens with one attached hydrogen (secondary N) is 8. The molecule has 0 radical (unpaired) electrons. The van der Waals surface area contributed by atoms with E-state index in [4.69, 9.17) is 4.74 Å². The van der Waals surface area contributed by atoms with E-state index in [1.165, 1.54) is 39.6 Å². The molecule has 4 aromatic carbocycles. The Hall–Kier alpha value is -7.48. The third-order valence-corrected chi connectivity index (χ3v) is 15.8. The maximum atomic E-state index is 14.9. The molecule has 2 aliphatic heterocycles. The number of amides is 8. The number of ether oxygens (including phenoxy) is 1. The number of likely N-dealkylation sites (tertiary alicyclic amines) is 1. The number of carbonyl (C=O) groups excluding carboxylic acids is 8. The minimum Gasteiger partial charge on any atom is -0.382 e. The van der Waals surface area contributed by atoms with Crippen molar-refractivity contribution in [3.05, 3.63) is 136 Å². The van der Waals surface area contributed by atoms with Crippen LogP contribution in [0.25, 0.3) is 0 Å². The summed E-state index contributed by atoms with van der Waals surface area (Å²) < 4.78 is 5.49. The van der Waals surface area contributed by atoms with Crippen molar-refractivity contribution >= 4 is 52.9 Å². The van der Waals surface area contributed by atoms with Gasteiger partial charge in [-0.3, -0.25) is 38.4 Å². The Morgan fingerprint density at radius 3 is 1.80 bits per heavy atom. The topological polar surface area (TPSA) is 249 Å². The molecule has 8 amide bonds. The number of fused-ring (bicyclic) bond motifs is 2. The normalized spacial score (nSPS) is 19.7. The molecule has 19 heteroatoms. The Morgan fingerprint density at radius 2 is 1.21 bits per heavy atom. The van der Waals surface area contributed by atoms with Crippen molar-refractivity contribution in [1.29, 1.82) is 0 Å². The molecule has 1 fully saturated rings. The molecule has 0 saturated carbocycles. The van der Waals surface area contributed by atoms with E-state index in [0.29, 0.717) is 11.3 Å². The maximum Gasteiger partial charge on any atom is 0.255 e. The lowest BCUT2D eigenvalue weighted by Gasteiger charge is -2.41. The molecule has 0 spiro atoms. The molecule has 4 aromatic rings. The molecule has 2 heterocycles. The molecule has 9 atom stereocenters. The molecule has 6 unspecified atom stereocenters. The van der Waals surface area contributed by atoms with Gasteiger partial charge < -0.3 is 57.1 Å². The fraction of sp³-hybridized carbons (Fsp3) is 0.484. The van der Waals surface area contributed by atoms with E-state index < -0.39 is 88.7 Å². The largest absolute Gasteiger partial charge is 0.382 e. The predicted octanol–water partition coefficient (Wildman–Crippen LogP) is 4.87. The van der Waals surface area contributed by atoms with E-state index in [1.807, 2.05) is 96.1 Å². The van der Waals surface area contributed by atoms with Gasteiger partial charge in [0, 0.05) is 49.5 Å². The lowest BCUT2D eigenvalue weighted by atomic mass is 9.84. The summed E-state index contributed by atoms with van der Waals surface area (Å²) in [5, 5.41) is 24.0. The monoisotopic (exact) mass is 1110 g/mol. The maximum absolute atomic E-state index is 14.9. The van der Waals surface area contributed by atoms with Crippen LogP contribution in [0.1, 0.15) is 135 Å². The van der Waals surface area contributed by atoms with Gasteiger partial charge in [-0.2, -0.15) is 0 Å². The van der Waals surface area contributed by atoms with Crippen LogP contribution in [0.5, 0.6) is 0 Å². The highest BCUT2D eigenvalue weighted by atomic mass is 16.5. The van der Waals surface area contributed by atoms with Gasteiger partial charge in [-0.1, -0.05) is 102 Å². The second-order valence-corrected chi connectivity index (χ2v) is 23.8. The molecule has 0 aromatic heterocycles. The standard InChI is InChI=1S/C62H82N10O9/c1-36(63-9)53(73)69-51(61(3,4)5)59(79)71-33-43-30-44(29-28-42(43)31-49(71)57(77)68-48(35-81-11)39-19-13-12-14-20-39)65-55(75)40-24-26-41(27-25-40)56(76)66-45-32-50(58(78)67-47-23-17-21-38-18-15-16-22-46(38)47)72(34-45)60(80)52(62(6,7)8)70-54(74)37(2)64-10/h12-16,18-20,22,24-30,36-37,45,47-52,63-64H,17,21,23,31-35H2,1-11H3,(H,65,75)(H,66,76)(H,67,78)(H,68,77)(H,69,73)(H,70,74)/t36-,37-,45-,47?,48?,49?,50?,51?,52?/m0/s1. The second-order valence-electron chi connectivity index (χ2n) is 23.8. The summed E-state index contributed by atoms with van der Waals surface area (Å²) in [6.45, 7) is 14.7. The first-order valence-electron chi connectivity index (χ1n) is 28.0. The third-order valence-electron chi connectivity index (χ3n) is 15.8. The number of nitrogens with zero attached hydrogens (tertiary/aromatic N) is 2. The van der Waals surface area contributed by atoms with E-state index in [2.05, 4.69) is 48.6 Å². The fourth-order valence-electron chi connectivity index (χ4n) is 10.7. The molecule has 1 saturated heterocycles. The van der Waals surface area contributed by atoms with Gasteiger partial charge in [-0.25, -0.2) is 0 Å². The minimum atomic E-state index is -1.00. The number of rotatable bonds is 19. The van der Waals surface area contributed by atoms with Gasteiger partial charge in [0.2, 0.25) is 35.4 Å². The summed E-state index contributed by atoms with van der Waals surface area (Å²) in [5.74, 6) is -3.28. The highest BCUT2D eigenvalue weighted by Gasteiger charge is 2.47. The Balaban J connectivity index is 1.07. The first-order valence-corrected chi connectivity index (χ1v) is 28.0. The van der Waals surface area contributed by atoms with E-state index in [0.717, 1.165) is 36.0 Å². The summed E-state index contributed by atoms with van der Waals surface area (Å²) in [4.78, 5) is 116. The van der Waals surface area contributed by atoms with Crippen LogP contribution in [0, 0.1) is 10.8 Å². The molecule has 1 aliphatic carbocycles. The van der Waals surface area contributed by atoms with E-state index >= 15 is 0 Å². The summed E-state index contributed by atoms with van der Waals surface area (Å²) in [6, 6.07) is 22.4. The molecule has 8 N–H and O–H groups in total. The molecule has 19 nitrogen and oxygen atoms in total. The SMILES string of the molecule is CN[C@@H](C)C(=O)NC(C(=O)N1Cc2cc(NC(=O)c3ccc(C(=O)N[C@H]4CC(C(=O)NC5CCCc6ccccc65)N(C(=O)C(NC(=O)[C@H](C)NC)C(C)(C)C)C4)cc3)ccc2CC1C(=O)NC(COC)c1ccccc1)C(C)(C)C. The molecule has 0 bridgehead atoms. The number of anilines is 1. The highest BCUT2D eigenvalue weighted by molar-refractivity contribution is 6.05. The number of likely N-dealkylation sites (N-methyl/N-ethyl adjacent to an activating group) is 2. The predicted molar refractivity (Wildman–Crippen MR) is 310 cm³/mol. The number of hydrogen-bond acceptors (Lipinski definition) is 11. The van der Waals surface area contributed by atoms with Crippen molar-refractivity contribution in [3.8, 4) is 0 Å². The highest BCUT2D eigenvalue weighted by Crippen LogP contribution is 2.34. The zero-order valence-electron chi connectivity index (χ0n) is 48.7. The van der Waals surface area contributed by atoms with Gasteiger partial charge in [0.25, 0.3) is 11.8 Å². The zero-order valence-corrected chi connectivity index (χ0v) is 48.7. The summed E-state index contributed by atoms with van der Waals surface area (Å²) >= 11 is 0. The molecule has 81 heavy (non-hydrogen) atoms. The Morgan fingerprint density at radius 1 is 0.630 bits per heavy atom. The average molecular weight is 1110 g/mol. The van der Waals surface area contributed by atoms with Crippen LogP contribution in [-0.2, 0) is 52.9 Å². The quantitative estimate of drug-likeness (QED) is 0.0630. The smallest absolute Gasteiger partial charge is 0.255 e. The van der Waals surface area contributed by atoms with Gasteiger partial charge >= 0.3 is 0 Å². The van der Waals surface area contributed by atoms with Crippen LogP contribution in [0.3, 0.4) is 0 Å². The van der Waals surface area contributed by atoms with Crippen molar-refractivity contribution in [2.45, 2.75) is 148 Å². The van der Waals surface area contributed by atoms with Crippen molar-refractivity contribution in [2.24, 2.45) is 10.8 Å². The molecule has 434 valence electrons. The Labute approximate surface area is 476 Å². The molecule has 7 rings (SSSR count).